The maximum atomic E-state index is 11.3. The highest BCUT2D eigenvalue weighted by Gasteiger charge is 2.61. The largest absolute Gasteiger partial charge is 0.472 e. The van der Waals surface area contributed by atoms with Gasteiger partial charge in [-0.2, -0.15) is 8.42 Å². The van der Waals surface area contributed by atoms with E-state index in [-0.39, 0.29) is 17.3 Å². The van der Waals surface area contributed by atoms with Crippen molar-refractivity contribution in [3.63, 3.8) is 0 Å². The first kappa shape index (κ1) is 29.6. The number of nitrogens with one attached hydrogen (secondary N) is 1. The van der Waals surface area contributed by atoms with Crippen molar-refractivity contribution < 1.29 is 21.6 Å². The minimum absolute atomic E-state index is 0.0923. The molecule has 0 spiro atoms. The summed E-state index contributed by atoms with van der Waals surface area (Å²) in [6.07, 6.45) is 14.8. The molecule has 5 atom stereocenters. The highest BCUT2D eigenvalue weighted by molar-refractivity contribution is 7.81. The zero-order valence-electron chi connectivity index (χ0n) is 23.4. The second-order valence-corrected chi connectivity index (χ2v) is 13.8. The molecule has 3 aliphatic rings. The van der Waals surface area contributed by atoms with Gasteiger partial charge < -0.3 is 19.2 Å². The maximum absolute atomic E-state index is 11.3. The molecule has 1 aromatic heterocycles. The Morgan fingerprint density at radius 1 is 1.19 bits per heavy atom. The molecule has 0 bridgehead atoms. The molecule has 0 aliphatic heterocycles. The fourth-order valence-electron chi connectivity index (χ4n) is 8.20. The lowest BCUT2D eigenvalue weighted by Gasteiger charge is -2.66. The zero-order chi connectivity index (χ0) is 27.6. The average molecular weight is 538 g/mol. The number of nitrogens with two attached hydrogens (primary N) is 1. The summed E-state index contributed by atoms with van der Waals surface area (Å²) >= 11 is 0. The lowest BCUT2D eigenvalue weighted by atomic mass is 9.39. The highest BCUT2D eigenvalue weighted by Crippen LogP contribution is 2.69. The van der Waals surface area contributed by atoms with Crippen LogP contribution in [0.4, 0.5) is 0 Å². The molecule has 0 amide bonds. The van der Waals surface area contributed by atoms with Crippen LogP contribution in [0.5, 0.6) is 0 Å². The van der Waals surface area contributed by atoms with Crippen LogP contribution in [-0.4, -0.2) is 37.9 Å². The Kier molecular flexibility index (Phi) is 8.79. The van der Waals surface area contributed by atoms with Crippen molar-refractivity contribution in [3.8, 4) is 0 Å². The highest BCUT2D eigenvalue weighted by atomic mass is 32.3. The van der Waals surface area contributed by atoms with Crippen molar-refractivity contribution in [3.05, 3.63) is 36.0 Å². The number of fused-ring (bicyclic) bond motifs is 3. The molecule has 37 heavy (non-hydrogen) atoms. The molecule has 3 saturated carbocycles. The van der Waals surface area contributed by atoms with Crippen LogP contribution < -0.4 is 5.73 Å². The van der Waals surface area contributed by atoms with E-state index < -0.39 is 10.4 Å². The van der Waals surface area contributed by atoms with Crippen molar-refractivity contribution >= 4 is 16.4 Å². The summed E-state index contributed by atoms with van der Waals surface area (Å²) < 4.78 is 41.7. The maximum Gasteiger partial charge on any atom is 0.445 e. The molecule has 1 aromatic rings. The molecule has 0 aromatic carbocycles. The van der Waals surface area contributed by atoms with Gasteiger partial charge in [0.05, 0.1) is 12.5 Å². The number of allylic oxidation sites excluding steroid dienone is 1. The van der Waals surface area contributed by atoms with Crippen molar-refractivity contribution in [2.24, 2.45) is 39.7 Å². The molecule has 4 rings (SSSR count). The fraction of sp³-hybridized carbons (Fsp3) is 0.750. The molecule has 3 aliphatic carbocycles. The quantitative estimate of drug-likeness (QED) is 0.181. The molecular weight excluding hydrogens is 490 g/mol. The number of hydrogen-bond acceptors (Lipinski definition) is 5. The molecule has 0 saturated heterocycles. The van der Waals surface area contributed by atoms with E-state index in [0.29, 0.717) is 16.7 Å². The van der Waals surface area contributed by atoms with E-state index >= 15 is 0 Å². The van der Waals surface area contributed by atoms with Gasteiger partial charge in [0.2, 0.25) is 0 Å². The second-order valence-electron chi connectivity index (χ2n) is 12.8. The molecule has 1 heterocycles. The van der Waals surface area contributed by atoms with Gasteiger partial charge in [-0.15, -0.1) is 0 Å². The molecular formula is C28H47N3O5S. The standard InChI is InChI=1S/C25H38O5S.C3H9N3/c1-23(2)12-5-13-25(4)21(23)10-14-24(3)20(8-6-18-11-15-29-16-18)19(7-9-22(24)25)17-30-31(26,27)28;1-6(2)3(4)5/h11,15-17,20-22H,5-10,12-14H2,1-4H3,(H,26,27,28);1-2H3,(H3,4,5)/b19-17+;/t20?,21-,22-,24-,25-;/m0./s1. The minimum Gasteiger partial charge on any atom is -0.472 e. The zero-order valence-corrected chi connectivity index (χ0v) is 24.2. The van der Waals surface area contributed by atoms with Crippen LogP contribution in [0.1, 0.15) is 84.6 Å². The first-order valence-electron chi connectivity index (χ1n) is 13.5. The van der Waals surface area contributed by atoms with Crippen molar-refractivity contribution in [2.75, 3.05) is 14.1 Å². The first-order chi connectivity index (χ1) is 17.1. The van der Waals surface area contributed by atoms with Gasteiger partial charge in [-0.3, -0.25) is 9.96 Å². The SMILES string of the molecule is CC1(C)CCC[C@]2(C)[C@H]3CC/C(=C\OS(=O)(=O)O)C(CCc4ccoc4)[C@]3(C)CC[C@@H]12.CN(C)C(=N)N. The van der Waals surface area contributed by atoms with Gasteiger partial charge >= 0.3 is 10.4 Å². The Labute approximate surface area is 223 Å². The molecule has 210 valence electrons. The van der Waals surface area contributed by atoms with E-state index in [2.05, 4.69) is 27.7 Å². The van der Waals surface area contributed by atoms with E-state index in [4.69, 9.17) is 24.3 Å². The molecule has 8 nitrogen and oxygen atoms in total. The summed E-state index contributed by atoms with van der Waals surface area (Å²) in [4.78, 5) is 1.53. The predicted molar refractivity (Wildman–Crippen MR) is 146 cm³/mol. The van der Waals surface area contributed by atoms with Gasteiger partial charge in [0.15, 0.2) is 5.96 Å². The van der Waals surface area contributed by atoms with E-state index in [1.807, 2.05) is 6.07 Å². The summed E-state index contributed by atoms with van der Waals surface area (Å²) in [5.41, 5.74) is 7.93. The van der Waals surface area contributed by atoms with E-state index in [1.165, 1.54) is 42.4 Å². The van der Waals surface area contributed by atoms with Gasteiger partial charge in [0, 0.05) is 14.1 Å². The predicted octanol–water partition coefficient (Wildman–Crippen LogP) is 6.02. The Hall–Kier alpha value is -2.00. The molecule has 3 fully saturated rings. The topological polar surface area (TPSA) is 130 Å². The third-order valence-electron chi connectivity index (χ3n) is 9.91. The molecule has 9 heteroatoms. The molecule has 1 unspecified atom stereocenters. The van der Waals surface area contributed by atoms with Gasteiger partial charge in [-0.05, 0) is 103 Å². The Balaban J connectivity index is 0.000000568. The number of guanidine groups is 1. The lowest BCUT2D eigenvalue weighted by Crippen LogP contribution is -2.58. The van der Waals surface area contributed by atoms with Crippen molar-refractivity contribution in [1.82, 2.24) is 4.90 Å². The summed E-state index contributed by atoms with van der Waals surface area (Å²) in [6.45, 7) is 9.89. The molecule has 0 radical (unpaired) electrons. The normalized spacial score (nSPS) is 33.9. The van der Waals surface area contributed by atoms with E-state index in [1.54, 1.807) is 26.6 Å². The second kappa shape index (κ2) is 11.0. The van der Waals surface area contributed by atoms with Crippen LogP contribution in [0, 0.1) is 39.4 Å². The van der Waals surface area contributed by atoms with Crippen LogP contribution in [0.3, 0.4) is 0 Å². The van der Waals surface area contributed by atoms with E-state index in [9.17, 15) is 8.42 Å². The number of nitrogens with zero attached hydrogens (tertiary/aromatic N) is 1. The number of furan rings is 1. The summed E-state index contributed by atoms with van der Waals surface area (Å²) in [6, 6.07) is 2.00. The number of aryl methyl sites for hydroxylation is 1. The monoisotopic (exact) mass is 537 g/mol. The van der Waals surface area contributed by atoms with Crippen molar-refractivity contribution in [2.45, 2.75) is 85.5 Å². The number of rotatable bonds is 5. The van der Waals surface area contributed by atoms with Crippen LogP contribution in [0.2, 0.25) is 0 Å². The third kappa shape index (κ3) is 6.53. The van der Waals surface area contributed by atoms with Gasteiger partial charge in [0.1, 0.15) is 6.26 Å². The average Bonchev–Trinajstić information content (AvgIpc) is 3.29. The smallest absolute Gasteiger partial charge is 0.445 e. The Bertz CT molecular complexity index is 1070. The molecule has 4 N–H and O–H groups in total. The summed E-state index contributed by atoms with van der Waals surface area (Å²) in [5.74, 6) is 1.66. The van der Waals surface area contributed by atoms with Gasteiger partial charge in [-0.25, -0.2) is 0 Å². The fourth-order valence-corrected chi connectivity index (χ4v) is 8.44. The summed E-state index contributed by atoms with van der Waals surface area (Å²) in [7, 11) is -1.04. The van der Waals surface area contributed by atoms with Gasteiger partial charge in [-0.1, -0.05) is 34.1 Å². The summed E-state index contributed by atoms with van der Waals surface area (Å²) in [5, 5.41) is 6.65. The minimum atomic E-state index is -4.49. The Morgan fingerprint density at radius 2 is 1.86 bits per heavy atom. The van der Waals surface area contributed by atoms with Crippen LogP contribution in [0.15, 0.2) is 34.8 Å². The number of hydrogen-bond donors (Lipinski definition) is 3. The van der Waals surface area contributed by atoms with Crippen LogP contribution in [0.25, 0.3) is 0 Å². The van der Waals surface area contributed by atoms with Crippen LogP contribution >= 0.6 is 0 Å². The third-order valence-corrected chi connectivity index (χ3v) is 10.2. The first-order valence-corrected chi connectivity index (χ1v) is 14.8. The lowest BCUT2D eigenvalue weighted by molar-refractivity contribution is -0.154. The van der Waals surface area contributed by atoms with Crippen LogP contribution in [-0.2, 0) is 21.0 Å². The Morgan fingerprint density at radius 3 is 2.43 bits per heavy atom. The van der Waals surface area contributed by atoms with E-state index in [0.717, 1.165) is 43.6 Å². The van der Waals surface area contributed by atoms with Gasteiger partial charge in [0.25, 0.3) is 0 Å². The van der Waals surface area contributed by atoms with Crippen molar-refractivity contribution in [1.29, 1.82) is 5.41 Å².